The molecule has 0 bridgehead atoms. The van der Waals surface area contributed by atoms with E-state index in [9.17, 15) is 32.7 Å². The number of carboxylic acids is 1. The van der Waals surface area contributed by atoms with E-state index in [-0.39, 0.29) is 37.1 Å². The SMILES string of the molecule is Cc1c(C)c(S(=O)(=O)NC(=N)NCCC[C@H](NC(=O)[C@@H](N)CCC(=O)NC(c2ccccc2)(c2ccccc2)c2ccccc2)C(=O)N[C@@H](CN)C(=O)O)c(C)c2c1OC(C)(C)C2. The fourth-order valence-electron chi connectivity index (χ4n) is 7.90. The fourth-order valence-corrected chi connectivity index (χ4v) is 9.43. The summed E-state index contributed by atoms with van der Waals surface area (Å²) in [6, 6.07) is 24.5. The van der Waals surface area contributed by atoms with Crippen LogP contribution in [-0.4, -0.2) is 80.0 Å². The van der Waals surface area contributed by atoms with Crippen molar-refractivity contribution in [3.63, 3.8) is 0 Å². The maximum atomic E-state index is 13.9. The lowest BCUT2D eigenvalue weighted by atomic mass is 9.77. The number of nitrogens with two attached hydrogens (primary N) is 2. The molecule has 4 aromatic carbocycles. The molecule has 63 heavy (non-hydrogen) atoms. The van der Waals surface area contributed by atoms with Gasteiger partial charge in [0.05, 0.1) is 10.9 Å². The minimum Gasteiger partial charge on any atom is -0.487 e. The predicted molar refractivity (Wildman–Crippen MR) is 239 cm³/mol. The summed E-state index contributed by atoms with van der Waals surface area (Å²) < 4.78 is 35.7. The van der Waals surface area contributed by atoms with Crippen molar-refractivity contribution in [3.05, 3.63) is 130 Å². The van der Waals surface area contributed by atoms with Gasteiger partial charge >= 0.3 is 5.97 Å². The first kappa shape index (κ1) is 47.7. The number of rotatable bonds is 19. The zero-order valence-electron chi connectivity index (χ0n) is 36.2. The van der Waals surface area contributed by atoms with E-state index in [0.29, 0.717) is 28.9 Å². The number of hydrogen-bond donors (Lipinski definition) is 9. The average molecular weight is 883 g/mol. The number of sulfonamides is 1. The van der Waals surface area contributed by atoms with Gasteiger partial charge in [0.2, 0.25) is 23.7 Å². The second-order valence-electron chi connectivity index (χ2n) is 16.3. The zero-order chi connectivity index (χ0) is 46.1. The van der Waals surface area contributed by atoms with E-state index in [1.54, 1.807) is 20.8 Å². The van der Waals surface area contributed by atoms with E-state index >= 15 is 0 Å². The highest BCUT2D eigenvalue weighted by Crippen LogP contribution is 2.44. The lowest BCUT2D eigenvalue weighted by Gasteiger charge is -2.37. The average Bonchev–Trinajstić information content (AvgIpc) is 3.60. The molecule has 0 aliphatic carbocycles. The molecule has 5 rings (SSSR count). The van der Waals surface area contributed by atoms with Gasteiger partial charge in [-0.1, -0.05) is 91.0 Å². The van der Waals surface area contributed by atoms with Gasteiger partial charge in [0.15, 0.2) is 0 Å². The number of fused-ring (bicyclic) bond motifs is 1. The van der Waals surface area contributed by atoms with Gasteiger partial charge in [0.25, 0.3) is 10.0 Å². The quantitative estimate of drug-likeness (QED) is 0.0286. The van der Waals surface area contributed by atoms with Gasteiger partial charge in [-0.15, -0.1) is 0 Å². The van der Waals surface area contributed by atoms with Crippen molar-refractivity contribution >= 4 is 39.7 Å². The number of nitrogens with one attached hydrogen (secondary N) is 6. The maximum Gasteiger partial charge on any atom is 0.327 e. The van der Waals surface area contributed by atoms with Crippen molar-refractivity contribution in [3.8, 4) is 5.75 Å². The Balaban J connectivity index is 1.23. The molecule has 4 aromatic rings. The Morgan fingerprint density at radius 2 is 1.33 bits per heavy atom. The number of amides is 3. The smallest absolute Gasteiger partial charge is 0.327 e. The molecule has 11 N–H and O–H groups in total. The van der Waals surface area contributed by atoms with Crippen molar-refractivity contribution < 1.29 is 37.4 Å². The van der Waals surface area contributed by atoms with Crippen LogP contribution >= 0.6 is 0 Å². The third-order valence-corrected chi connectivity index (χ3v) is 12.8. The summed E-state index contributed by atoms with van der Waals surface area (Å²) in [5.74, 6) is -3.22. The summed E-state index contributed by atoms with van der Waals surface area (Å²) in [5, 5.41) is 28.7. The number of benzene rings is 4. The minimum atomic E-state index is -4.21. The number of ether oxygens (including phenoxy) is 1. The highest BCUT2D eigenvalue weighted by Gasteiger charge is 2.39. The molecule has 0 saturated heterocycles. The fraction of sp³-hybridized carbons (Fsp3) is 0.370. The number of guanidine groups is 1. The maximum absolute atomic E-state index is 13.9. The minimum absolute atomic E-state index is 0.0122. The normalized spacial score (nSPS) is 14.5. The zero-order valence-corrected chi connectivity index (χ0v) is 37.0. The molecule has 0 radical (unpaired) electrons. The Bertz CT molecular complexity index is 2320. The van der Waals surface area contributed by atoms with Crippen LogP contribution in [0.5, 0.6) is 5.75 Å². The molecule has 0 aromatic heterocycles. The summed E-state index contributed by atoms with van der Waals surface area (Å²) in [7, 11) is -4.21. The molecule has 0 saturated carbocycles. The third kappa shape index (κ3) is 11.2. The molecule has 3 atom stereocenters. The molecule has 336 valence electrons. The van der Waals surface area contributed by atoms with Gasteiger partial charge in [-0.05, 0) is 87.3 Å². The van der Waals surface area contributed by atoms with Crippen LogP contribution in [0.3, 0.4) is 0 Å². The molecule has 17 heteroatoms. The van der Waals surface area contributed by atoms with Crippen LogP contribution in [0.4, 0.5) is 0 Å². The van der Waals surface area contributed by atoms with Gasteiger partial charge in [-0.3, -0.25) is 19.8 Å². The molecule has 0 unspecified atom stereocenters. The van der Waals surface area contributed by atoms with E-state index in [4.69, 9.17) is 21.6 Å². The summed E-state index contributed by atoms with van der Waals surface area (Å²) in [6.07, 6.45) is 0.305. The van der Waals surface area contributed by atoms with Crippen molar-refractivity contribution in [2.24, 2.45) is 11.5 Å². The summed E-state index contributed by atoms with van der Waals surface area (Å²) in [6.45, 7) is 8.64. The largest absolute Gasteiger partial charge is 0.487 e. The molecule has 0 fully saturated rings. The van der Waals surface area contributed by atoms with Crippen LogP contribution in [0.25, 0.3) is 0 Å². The number of aliphatic carboxylic acids is 1. The van der Waals surface area contributed by atoms with Crippen molar-refractivity contribution in [2.75, 3.05) is 13.1 Å². The van der Waals surface area contributed by atoms with Gasteiger partial charge in [-0.25, -0.2) is 17.9 Å². The molecule has 3 amide bonds. The van der Waals surface area contributed by atoms with Gasteiger partial charge in [0, 0.05) is 31.5 Å². The topological polar surface area (TPSA) is 268 Å². The molecular weight excluding hydrogens is 825 g/mol. The lowest BCUT2D eigenvalue weighted by Crippen LogP contribution is -2.56. The Kier molecular flexibility index (Phi) is 15.4. The van der Waals surface area contributed by atoms with Crippen molar-refractivity contribution in [2.45, 2.75) is 101 Å². The van der Waals surface area contributed by atoms with E-state index in [2.05, 4.69) is 26.0 Å². The first-order valence-electron chi connectivity index (χ1n) is 20.7. The summed E-state index contributed by atoms with van der Waals surface area (Å²) >= 11 is 0. The van der Waals surface area contributed by atoms with Crippen molar-refractivity contribution in [1.29, 1.82) is 5.41 Å². The predicted octanol–water partition coefficient (Wildman–Crippen LogP) is 3.14. The monoisotopic (exact) mass is 882 g/mol. The third-order valence-electron chi connectivity index (χ3n) is 11.2. The molecule has 16 nitrogen and oxygen atoms in total. The van der Waals surface area contributed by atoms with Gasteiger partial charge in [0.1, 0.15) is 29.0 Å². The lowest BCUT2D eigenvalue weighted by molar-refractivity contribution is -0.142. The van der Waals surface area contributed by atoms with E-state index < -0.39 is 75.5 Å². The number of carbonyl (C=O) groups excluding carboxylic acids is 3. The van der Waals surface area contributed by atoms with Gasteiger partial charge in [-0.2, -0.15) is 0 Å². The van der Waals surface area contributed by atoms with E-state index in [1.165, 1.54) is 0 Å². The number of carbonyl (C=O) groups is 4. The standard InChI is InChI=1S/C46H58N8O8S/c1-28-29(2)40(30(3)34-26-45(4,5)62-39(28)34)63(60,61)54-44(49)50-25-15-22-36(42(57)52-37(27-47)43(58)59)51-41(56)35(48)23-24-38(55)53-46(31-16-9-6-10-17-31,32-18-11-7-12-19-32)33-20-13-8-14-21-33/h6-14,16-21,35-37H,15,22-27,47-48H2,1-5H3,(H,51,56)(H,52,57)(H,53,55)(H,58,59)(H3,49,50,54)/t35-,36-,37-/m0/s1. The number of carboxylic acid groups (broad SMARTS) is 1. The van der Waals surface area contributed by atoms with Crippen LogP contribution < -0.4 is 42.2 Å². The first-order chi connectivity index (χ1) is 29.8. The molecule has 1 aliphatic heterocycles. The van der Waals surface area contributed by atoms with Crippen molar-refractivity contribution in [1.82, 2.24) is 26.0 Å². The van der Waals surface area contributed by atoms with E-state index in [0.717, 1.165) is 22.3 Å². The summed E-state index contributed by atoms with van der Waals surface area (Å²) in [5.41, 5.74) is 15.3. The molecular formula is C46H58N8O8S. The Labute approximate surface area is 368 Å². The van der Waals surface area contributed by atoms with Crippen LogP contribution in [0.1, 0.15) is 78.5 Å². The summed E-state index contributed by atoms with van der Waals surface area (Å²) in [4.78, 5) is 52.5. The molecule has 1 aliphatic rings. The van der Waals surface area contributed by atoms with Gasteiger partial charge < -0.3 is 42.6 Å². The van der Waals surface area contributed by atoms with Crippen LogP contribution in [-0.2, 0) is 41.2 Å². The second-order valence-corrected chi connectivity index (χ2v) is 18.0. The highest BCUT2D eigenvalue weighted by atomic mass is 32.2. The molecule has 0 spiro atoms. The highest BCUT2D eigenvalue weighted by molar-refractivity contribution is 7.90. The van der Waals surface area contributed by atoms with E-state index in [1.807, 2.05) is 105 Å². The Hall–Kier alpha value is -6.30. The molecule has 1 heterocycles. The van der Waals surface area contributed by atoms with Crippen LogP contribution in [0, 0.1) is 26.2 Å². The second kappa shape index (κ2) is 20.3. The Morgan fingerprint density at radius 3 is 1.84 bits per heavy atom. The Morgan fingerprint density at radius 1 is 0.810 bits per heavy atom. The first-order valence-corrected chi connectivity index (χ1v) is 22.2. The number of hydrogen-bond acceptors (Lipinski definition) is 10. The van der Waals surface area contributed by atoms with Crippen LogP contribution in [0.15, 0.2) is 95.9 Å². The van der Waals surface area contributed by atoms with Crippen LogP contribution in [0.2, 0.25) is 0 Å².